The summed E-state index contributed by atoms with van der Waals surface area (Å²) in [4.78, 5) is 0. The van der Waals surface area contributed by atoms with Crippen LogP contribution in [-0.4, -0.2) is 5.26 Å². The molecule has 0 heterocycles. The van der Waals surface area contributed by atoms with Crippen molar-refractivity contribution in [2.24, 2.45) is 0 Å². The smallest absolute Gasteiger partial charge is 0.240 e. The van der Waals surface area contributed by atoms with Crippen molar-refractivity contribution in [2.75, 3.05) is 0 Å². The van der Waals surface area contributed by atoms with Gasteiger partial charge in [0.15, 0.2) is 0 Å². The zero-order valence-electron chi connectivity index (χ0n) is 2.12. The Labute approximate surface area is 36.6 Å². The highest BCUT2D eigenvalue weighted by molar-refractivity contribution is 7.17. The highest BCUT2D eigenvalue weighted by Gasteiger charge is 1.54. The third-order valence-electron chi connectivity index (χ3n) is 0.0333. The number of rotatable bonds is 1. The van der Waals surface area contributed by atoms with Crippen molar-refractivity contribution in [3.63, 3.8) is 0 Å². The van der Waals surface area contributed by atoms with Crippen LogP contribution < -0.4 is 0 Å². The first kappa shape index (κ1) is 9.00. The molecule has 0 rings (SSSR count). The minimum atomic E-state index is -0.696. The van der Waals surface area contributed by atoms with Crippen LogP contribution in [0.15, 0.2) is 0 Å². The van der Waals surface area contributed by atoms with E-state index < -0.39 is 8.69 Å². The topological polar surface area (TPSA) is 46.5 Å². The summed E-state index contributed by atoms with van der Waals surface area (Å²) in [6, 6.07) is 0. The number of hydrogen-bond donors (Lipinski definition) is 1. The van der Waals surface area contributed by atoms with Gasteiger partial charge in [-0.05, 0) is 0 Å². The third kappa shape index (κ3) is 13.4. The van der Waals surface area contributed by atoms with E-state index >= 15 is 0 Å². The Hall–Kier alpha value is 0.310. The van der Waals surface area contributed by atoms with E-state index in [2.05, 4.69) is 4.67 Å². The molecule has 0 unspecified atom stereocenters. The molecule has 0 aliphatic rings. The minimum absolute atomic E-state index is 0. The average molecular weight is 116 g/mol. The van der Waals surface area contributed by atoms with Crippen molar-refractivity contribution in [1.29, 1.82) is 0 Å². The zero-order chi connectivity index (χ0) is 3.41. The lowest BCUT2D eigenvalue weighted by Crippen LogP contribution is -1.45. The van der Waals surface area contributed by atoms with Crippen LogP contribution in [0.5, 0.6) is 0 Å². The monoisotopic (exact) mass is 116 g/mol. The van der Waals surface area contributed by atoms with Crippen LogP contribution in [0.4, 0.5) is 0 Å². The molecule has 0 atom stereocenters. The Bertz CT molecular complexity index is 20.9. The number of hydrogen-bond acceptors (Lipinski definition) is 3. The Kier molecular flexibility index (Phi) is 15.9. The predicted molar refractivity (Wildman–Crippen MR) is 18.6 cm³/mol. The first-order valence-electron chi connectivity index (χ1n) is 0.548. The highest BCUT2D eigenvalue weighted by atomic mass is 35.5. The summed E-state index contributed by atoms with van der Waals surface area (Å²) in [6.07, 6.45) is 0. The summed E-state index contributed by atoms with van der Waals surface area (Å²) in [5.74, 6) is 0. The number of halogens is 1. The minimum Gasteiger partial charge on any atom is -0.240 e. The summed E-state index contributed by atoms with van der Waals surface area (Å²) in [5, 5.41) is 7.05. The molecule has 1 N–H and O–H groups in total. The first-order chi connectivity index (χ1) is 1.91. The molecule has 32 valence electrons. The van der Waals surface area contributed by atoms with Gasteiger partial charge >= 0.3 is 8.69 Å². The molecule has 0 fully saturated rings. The molecule has 0 aliphatic carbocycles. The molecule has 0 saturated heterocycles. The van der Waals surface area contributed by atoms with Crippen molar-refractivity contribution in [3.8, 4) is 0 Å². The second-order valence-corrected chi connectivity index (χ2v) is 0.469. The Morgan fingerprint density at radius 2 is 2.00 bits per heavy atom. The van der Waals surface area contributed by atoms with Crippen molar-refractivity contribution in [3.05, 3.63) is 0 Å². The standard InChI is InChI=1S/ClH.HO3P/c;1-3-4-2/h1H;1H. The molecule has 0 aromatic rings. The summed E-state index contributed by atoms with van der Waals surface area (Å²) in [7, 11) is -0.696. The molecule has 0 aromatic carbocycles. The Balaban J connectivity index is 0. The SMILES string of the molecule is Cl.O=POO. The first-order valence-corrected chi connectivity index (χ1v) is 1.28. The second kappa shape index (κ2) is 8.85. The van der Waals surface area contributed by atoms with Gasteiger partial charge in [-0.3, -0.25) is 0 Å². The Morgan fingerprint density at radius 1 is 1.80 bits per heavy atom. The van der Waals surface area contributed by atoms with Gasteiger partial charge in [0.05, 0.1) is 0 Å². The van der Waals surface area contributed by atoms with Crippen LogP contribution >= 0.6 is 21.1 Å². The van der Waals surface area contributed by atoms with Crippen molar-refractivity contribution in [2.45, 2.75) is 0 Å². The quantitative estimate of drug-likeness (QED) is 0.317. The van der Waals surface area contributed by atoms with Gasteiger partial charge in [0, 0.05) is 0 Å². The van der Waals surface area contributed by atoms with Gasteiger partial charge in [-0.15, -0.1) is 17.1 Å². The van der Waals surface area contributed by atoms with Gasteiger partial charge < -0.3 is 0 Å². The van der Waals surface area contributed by atoms with E-state index in [9.17, 15) is 0 Å². The average Bonchev–Trinajstić information content (AvgIpc) is 1.37. The van der Waals surface area contributed by atoms with Gasteiger partial charge in [-0.2, -0.15) is 0 Å². The summed E-state index contributed by atoms with van der Waals surface area (Å²) in [6.45, 7) is 0. The lowest BCUT2D eigenvalue weighted by molar-refractivity contribution is -0.125. The molecule has 0 aromatic heterocycles. The van der Waals surface area contributed by atoms with Gasteiger partial charge in [0.2, 0.25) is 0 Å². The molecular weight excluding hydrogens is 114 g/mol. The fraction of sp³-hybridized carbons (Fsp3) is 0. The van der Waals surface area contributed by atoms with Crippen LogP contribution in [0.1, 0.15) is 0 Å². The molecule has 5 heavy (non-hydrogen) atoms. The molecule has 5 heteroatoms. The molecule has 0 aliphatic heterocycles. The fourth-order valence-electron chi connectivity index (χ4n) is 0. The molecule has 0 saturated carbocycles. The van der Waals surface area contributed by atoms with Gasteiger partial charge in [0.1, 0.15) is 0 Å². The molecular formula is H2ClO3P. The molecule has 0 spiro atoms. The van der Waals surface area contributed by atoms with Gasteiger partial charge in [-0.1, -0.05) is 0 Å². The van der Waals surface area contributed by atoms with E-state index in [0.29, 0.717) is 0 Å². The van der Waals surface area contributed by atoms with E-state index in [-0.39, 0.29) is 12.4 Å². The van der Waals surface area contributed by atoms with Crippen molar-refractivity contribution < 1.29 is 14.5 Å². The summed E-state index contributed by atoms with van der Waals surface area (Å²) >= 11 is 0. The van der Waals surface area contributed by atoms with Crippen molar-refractivity contribution in [1.82, 2.24) is 0 Å². The van der Waals surface area contributed by atoms with E-state index in [1.807, 2.05) is 0 Å². The summed E-state index contributed by atoms with van der Waals surface area (Å²) < 4.78 is 11.8. The fourth-order valence-corrected chi connectivity index (χ4v) is 0. The van der Waals surface area contributed by atoms with Gasteiger partial charge in [0.25, 0.3) is 0 Å². The molecule has 0 radical (unpaired) electrons. The van der Waals surface area contributed by atoms with E-state index in [0.717, 1.165) is 0 Å². The van der Waals surface area contributed by atoms with E-state index in [4.69, 9.17) is 9.82 Å². The van der Waals surface area contributed by atoms with Gasteiger partial charge in [-0.25, -0.2) is 9.82 Å². The van der Waals surface area contributed by atoms with Crippen LogP contribution in [0, 0.1) is 0 Å². The maximum Gasteiger partial charge on any atom is 0.358 e. The van der Waals surface area contributed by atoms with Crippen LogP contribution in [0.2, 0.25) is 0 Å². The second-order valence-electron chi connectivity index (χ2n) is 0.156. The van der Waals surface area contributed by atoms with E-state index in [1.165, 1.54) is 0 Å². The maximum atomic E-state index is 8.80. The molecule has 0 bridgehead atoms. The molecule has 0 amide bonds. The predicted octanol–water partition coefficient (Wildman–Crippen LogP) is 1.10. The van der Waals surface area contributed by atoms with Crippen LogP contribution in [0.3, 0.4) is 0 Å². The lowest BCUT2D eigenvalue weighted by atomic mass is 15.0. The van der Waals surface area contributed by atoms with Crippen LogP contribution in [0.25, 0.3) is 0 Å². The maximum absolute atomic E-state index is 8.80. The van der Waals surface area contributed by atoms with E-state index in [1.54, 1.807) is 0 Å². The summed E-state index contributed by atoms with van der Waals surface area (Å²) in [5.41, 5.74) is 0. The Morgan fingerprint density at radius 3 is 2.00 bits per heavy atom. The normalized spacial score (nSPS) is 6.60. The zero-order valence-corrected chi connectivity index (χ0v) is 3.83. The molecule has 3 nitrogen and oxygen atoms in total. The van der Waals surface area contributed by atoms with Crippen molar-refractivity contribution >= 4 is 21.1 Å². The highest BCUT2D eigenvalue weighted by Crippen LogP contribution is 1.82. The van der Waals surface area contributed by atoms with Crippen LogP contribution in [-0.2, 0) is 9.24 Å². The third-order valence-corrected chi connectivity index (χ3v) is 0.100. The lowest BCUT2D eigenvalue weighted by Gasteiger charge is -1.55. The largest absolute Gasteiger partial charge is 0.358 e.